The molecule has 0 aliphatic carbocycles. The number of carbonyl (C=O) groups is 1. The number of aromatic amines is 1. The first kappa shape index (κ1) is 14.4. The summed E-state index contributed by atoms with van der Waals surface area (Å²) in [5.74, 6) is 0.693. The molecule has 0 spiro atoms. The Kier molecular flexibility index (Phi) is 5.33. The van der Waals surface area contributed by atoms with Crippen LogP contribution in [0, 0.1) is 16.8 Å². The smallest absolute Gasteiger partial charge is 0.227 e. The summed E-state index contributed by atoms with van der Waals surface area (Å²) in [5, 5.41) is 0. The van der Waals surface area contributed by atoms with Crippen LogP contribution < -0.4 is 0 Å². The van der Waals surface area contributed by atoms with Crippen molar-refractivity contribution >= 4 is 29.5 Å². The minimum absolute atomic E-state index is 0.189. The summed E-state index contributed by atoms with van der Waals surface area (Å²) in [6.07, 6.45) is 0.462. The van der Waals surface area contributed by atoms with E-state index in [-0.39, 0.29) is 5.91 Å². The highest BCUT2D eigenvalue weighted by Crippen LogP contribution is 2.16. The van der Waals surface area contributed by atoms with E-state index in [1.807, 2.05) is 18.7 Å². The highest BCUT2D eigenvalue weighted by molar-refractivity contribution is 7.73. The number of rotatable bonds is 5. The first-order valence-corrected chi connectivity index (χ1v) is 7.12. The number of carbonyl (C=O) groups excluding carboxylic acids is 1. The zero-order valence-electron chi connectivity index (χ0n) is 10.9. The Hall–Kier alpha value is -0.680. The minimum Gasteiger partial charge on any atom is -0.342 e. The highest BCUT2D eigenvalue weighted by atomic mass is 32.1. The molecule has 3 nitrogen and oxygen atoms in total. The van der Waals surface area contributed by atoms with Gasteiger partial charge in [0.2, 0.25) is 5.91 Å². The molecule has 0 aliphatic heterocycles. The van der Waals surface area contributed by atoms with E-state index in [4.69, 9.17) is 12.2 Å². The van der Waals surface area contributed by atoms with Crippen LogP contribution in [-0.2, 0) is 11.2 Å². The summed E-state index contributed by atoms with van der Waals surface area (Å²) >= 11 is 6.58. The fourth-order valence-electron chi connectivity index (χ4n) is 1.70. The van der Waals surface area contributed by atoms with Crippen molar-refractivity contribution in [2.24, 2.45) is 5.92 Å². The molecular weight excluding hydrogens is 252 g/mol. The minimum atomic E-state index is 0.189. The molecule has 0 radical (unpaired) electrons. The summed E-state index contributed by atoms with van der Waals surface area (Å²) in [6, 6.07) is 0. The van der Waals surface area contributed by atoms with Gasteiger partial charge in [0, 0.05) is 23.7 Å². The van der Waals surface area contributed by atoms with Crippen molar-refractivity contribution in [2.45, 2.75) is 34.1 Å². The zero-order chi connectivity index (χ0) is 13.0. The van der Waals surface area contributed by atoms with Gasteiger partial charge < -0.3 is 9.88 Å². The van der Waals surface area contributed by atoms with Crippen LogP contribution in [-0.4, -0.2) is 28.9 Å². The molecule has 1 aromatic rings. The first-order chi connectivity index (χ1) is 7.93. The van der Waals surface area contributed by atoms with Gasteiger partial charge in [0.15, 0.2) is 3.95 Å². The molecule has 0 unspecified atom stereocenters. The van der Waals surface area contributed by atoms with E-state index in [0.29, 0.717) is 12.3 Å². The van der Waals surface area contributed by atoms with Crippen molar-refractivity contribution in [3.63, 3.8) is 0 Å². The molecule has 0 saturated heterocycles. The molecule has 0 aliphatic rings. The Balaban J connectivity index is 2.70. The van der Waals surface area contributed by atoms with Crippen molar-refractivity contribution in [3.05, 3.63) is 14.5 Å². The van der Waals surface area contributed by atoms with Crippen molar-refractivity contribution in [1.29, 1.82) is 0 Å². The largest absolute Gasteiger partial charge is 0.342 e. The summed E-state index contributed by atoms with van der Waals surface area (Å²) in [5.41, 5.74) is 1.02. The predicted octanol–water partition coefficient (Wildman–Crippen LogP) is 3.16. The van der Waals surface area contributed by atoms with E-state index >= 15 is 0 Å². The van der Waals surface area contributed by atoms with Gasteiger partial charge in [-0.15, -0.1) is 11.3 Å². The quantitative estimate of drug-likeness (QED) is 0.836. The van der Waals surface area contributed by atoms with Gasteiger partial charge in [-0.05, 0) is 32.0 Å². The van der Waals surface area contributed by atoms with Crippen LogP contribution in [0.1, 0.15) is 31.3 Å². The van der Waals surface area contributed by atoms with Crippen LogP contribution in [0.25, 0.3) is 0 Å². The van der Waals surface area contributed by atoms with Crippen LogP contribution in [0.2, 0.25) is 0 Å². The van der Waals surface area contributed by atoms with Gasteiger partial charge in [0.1, 0.15) is 0 Å². The number of hydrogen-bond acceptors (Lipinski definition) is 3. The third-order valence-electron chi connectivity index (χ3n) is 2.56. The molecule has 0 saturated carbocycles. The van der Waals surface area contributed by atoms with Crippen molar-refractivity contribution < 1.29 is 4.79 Å². The van der Waals surface area contributed by atoms with Crippen LogP contribution in [0.4, 0.5) is 0 Å². The lowest BCUT2D eigenvalue weighted by atomic mass is 10.2. The molecule has 0 fully saturated rings. The number of thiazole rings is 1. The maximum atomic E-state index is 12.1. The second-order valence-electron chi connectivity index (χ2n) is 4.57. The Morgan fingerprint density at radius 1 is 1.53 bits per heavy atom. The Morgan fingerprint density at radius 2 is 2.18 bits per heavy atom. The summed E-state index contributed by atoms with van der Waals surface area (Å²) < 4.78 is 0.747. The van der Waals surface area contributed by atoms with Crippen molar-refractivity contribution in [3.8, 4) is 0 Å². The Bertz CT molecular complexity index is 434. The molecule has 1 heterocycles. The topological polar surface area (TPSA) is 36.1 Å². The molecule has 5 heteroatoms. The third kappa shape index (κ3) is 4.24. The molecule has 1 N–H and O–H groups in total. The molecular formula is C12H20N2OS2. The fraction of sp³-hybridized carbons (Fsp3) is 0.667. The standard InChI is InChI=1S/C12H20N2OS2/c1-5-14(7-8(2)3)11(15)6-10-9(4)13-12(16)17-10/h8H,5-7H2,1-4H3,(H,13,16). The number of nitrogens with one attached hydrogen (secondary N) is 1. The fourth-order valence-corrected chi connectivity index (χ4v) is 2.99. The molecule has 1 rings (SSSR count). The zero-order valence-corrected chi connectivity index (χ0v) is 12.5. The second-order valence-corrected chi connectivity index (χ2v) is 6.34. The van der Waals surface area contributed by atoms with E-state index in [0.717, 1.165) is 27.6 Å². The SMILES string of the molecule is CCN(CC(C)C)C(=O)Cc1sc(=S)[nH]c1C. The molecule has 96 valence electrons. The number of likely N-dealkylation sites (N-methyl/N-ethyl adjacent to an activating group) is 1. The van der Waals surface area contributed by atoms with Gasteiger partial charge in [0.25, 0.3) is 0 Å². The second kappa shape index (κ2) is 6.31. The van der Waals surface area contributed by atoms with E-state index in [9.17, 15) is 4.79 Å². The summed E-state index contributed by atoms with van der Waals surface area (Å²) in [4.78, 5) is 18.2. The number of nitrogens with zero attached hydrogens (tertiary/aromatic N) is 1. The number of aryl methyl sites for hydroxylation is 1. The molecule has 1 amide bonds. The summed E-state index contributed by atoms with van der Waals surface area (Å²) in [7, 11) is 0. The Labute approximate surface area is 112 Å². The Morgan fingerprint density at radius 3 is 2.59 bits per heavy atom. The number of H-pyrrole nitrogens is 1. The van der Waals surface area contributed by atoms with Gasteiger partial charge in [0.05, 0.1) is 6.42 Å². The lowest BCUT2D eigenvalue weighted by Gasteiger charge is -2.22. The summed E-state index contributed by atoms with van der Waals surface area (Å²) in [6.45, 7) is 9.83. The maximum Gasteiger partial charge on any atom is 0.227 e. The third-order valence-corrected chi connectivity index (χ3v) is 3.89. The van der Waals surface area contributed by atoms with Gasteiger partial charge >= 0.3 is 0 Å². The van der Waals surface area contributed by atoms with Crippen LogP contribution in [0.15, 0.2) is 0 Å². The van der Waals surface area contributed by atoms with Gasteiger partial charge in [-0.3, -0.25) is 4.79 Å². The monoisotopic (exact) mass is 272 g/mol. The van der Waals surface area contributed by atoms with E-state index < -0.39 is 0 Å². The van der Waals surface area contributed by atoms with E-state index in [1.165, 1.54) is 11.3 Å². The average molecular weight is 272 g/mol. The van der Waals surface area contributed by atoms with Gasteiger partial charge in [-0.1, -0.05) is 13.8 Å². The molecule has 0 atom stereocenters. The molecule has 1 aromatic heterocycles. The van der Waals surface area contributed by atoms with Crippen molar-refractivity contribution in [2.75, 3.05) is 13.1 Å². The highest BCUT2D eigenvalue weighted by Gasteiger charge is 2.15. The average Bonchev–Trinajstić information content (AvgIpc) is 2.53. The lowest BCUT2D eigenvalue weighted by Crippen LogP contribution is -2.35. The van der Waals surface area contributed by atoms with E-state index in [1.54, 1.807) is 0 Å². The number of hydrogen-bond donors (Lipinski definition) is 1. The maximum absolute atomic E-state index is 12.1. The lowest BCUT2D eigenvalue weighted by molar-refractivity contribution is -0.130. The first-order valence-electron chi connectivity index (χ1n) is 5.90. The molecule has 17 heavy (non-hydrogen) atoms. The normalized spacial score (nSPS) is 10.9. The van der Waals surface area contributed by atoms with Crippen molar-refractivity contribution in [1.82, 2.24) is 9.88 Å². The molecule has 0 aromatic carbocycles. The number of aromatic nitrogens is 1. The van der Waals surface area contributed by atoms with Gasteiger partial charge in [-0.25, -0.2) is 0 Å². The predicted molar refractivity (Wildman–Crippen MR) is 75.0 cm³/mol. The van der Waals surface area contributed by atoms with Crippen LogP contribution in [0.3, 0.4) is 0 Å². The van der Waals surface area contributed by atoms with Gasteiger partial charge in [-0.2, -0.15) is 0 Å². The number of amides is 1. The van der Waals surface area contributed by atoms with Crippen LogP contribution in [0.5, 0.6) is 0 Å². The van der Waals surface area contributed by atoms with E-state index in [2.05, 4.69) is 18.8 Å². The molecule has 0 bridgehead atoms. The van der Waals surface area contributed by atoms with Crippen LogP contribution >= 0.6 is 23.6 Å².